The summed E-state index contributed by atoms with van der Waals surface area (Å²) in [4.78, 5) is 3.66. The SMILES string of the molecule is Cc1ccc(-c2noc([C@@H]3CCCN(S(=O)(=O)c4ccccc4C(F)(F)F)C3)n2)cc1. The zero-order valence-corrected chi connectivity index (χ0v) is 17.4. The van der Waals surface area contributed by atoms with Gasteiger partial charge in [0.1, 0.15) is 0 Å². The number of aryl methyl sites for hydroxylation is 1. The number of benzene rings is 2. The molecule has 10 heteroatoms. The lowest BCUT2D eigenvalue weighted by atomic mass is 10.00. The molecule has 0 saturated carbocycles. The van der Waals surface area contributed by atoms with Crippen molar-refractivity contribution in [3.63, 3.8) is 0 Å². The number of nitrogens with zero attached hydrogens (tertiary/aromatic N) is 3. The average Bonchev–Trinajstić information content (AvgIpc) is 3.24. The van der Waals surface area contributed by atoms with Gasteiger partial charge in [-0.3, -0.25) is 0 Å². The largest absolute Gasteiger partial charge is 0.417 e. The summed E-state index contributed by atoms with van der Waals surface area (Å²) in [6.45, 7) is 2.06. The van der Waals surface area contributed by atoms with Gasteiger partial charge < -0.3 is 4.52 Å². The van der Waals surface area contributed by atoms with Gasteiger partial charge in [-0.2, -0.15) is 22.5 Å². The molecule has 164 valence electrons. The number of piperidine rings is 1. The predicted molar refractivity (Wildman–Crippen MR) is 107 cm³/mol. The Balaban J connectivity index is 1.59. The topological polar surface area (TPSA) is 76.3 Å². The zero-order valence-electron chi connectivity index (χ0n) is 16.6. The van der Waals surface area contributed by atoms with E-state index in [4.69, 9.17) is 4.52 Å². The average molecular weight is 451 g/mol. The summed E-state index contributed by atoms with van der Waals surface area (Å²) in [5.41, 5.74) is 0.677. The fraction of sp³-hybridized carbons (Fsp3) is 0.333. The summed E-state index contributed by atoms with van der Waals surface area (Å²) in [6, 6.07) is 11.8. The molecule has 0 aliphatic carbocycles. The van der Waals surface area contributed by atoms with E-state index in [1.807, 2.05) is 31.2 Å². The van der Waals surface area contributed by atoms with E-state index in [-0.39, 0.29) is 19.0 Å². The Hall–Kier alpha value is -2.72. The van der Waals surface area contributed by atoms with Crippen LogP contribution >= 0.6 is 0 Å². The Morgan fingerprint density at radius 2 is 1.81 bits per heavy atom. The number of aromatic nitrogens is 2. The summed E-state index contributed by atoms with van der Waals surface area (Å²) in [7, 11) is -4.34. The van der Waals surface area contributed by atoms with Crippen molar-refractivity contribution in [1.29, 1.82) is 0 Å². The fourth-order valence-corrected chi connectivity index (χ4v) is 5.38. The number of halogens is 3. The molecule has 0 spiro atoms. The molecule has 0 bridgehead atoms. The first-order chi connectivity index (χ1) is 14.7. The number of sulfonamides is 1. The maximum Gasteiger partial charge on any atom is 0.417 e. The second kappa shape index (κ2) is 8.08. The Kier molecular flexibility index (Phi) is 5.61. The molecule has 1 atom stereocenters. The number of hydrogen-bond donors (Lipinski definition) is 0. The molecule has 1 aliphatic rings. The van der Waals surface area contributed by atoms with Crippen molar-refractivity contribution >= 4 is 10.0 Å². The Morgan fingerprint density at radius 1 is 1.10 bits per heavy atom. The minimum Gasteiger partial charge on any atom is -0.339 e. The standard InChI is InChI=1S/C21H20F3N3O3S/c1-14-8-10-15(11-9-14)19-25-20(30-26-19)16-5-4-12-27(13-16)31(28,29)18-7-3-2-6-17(18)21(22,23)24/h2-3,6-11,16H,4-5,12-13H2,1H3/t16-/m1/s1. The maximum absolute atomic E-state index is 13.4. The molecule has 0 radical (unpaired) electrons. The van der Waals surface area contributed by atoms with Gasteiger partial charge in [-0.15, -0.1) is 0 Å². The van der Waals surface area contributed by atoms with E-state index in [0.29, 0.717) is 18.7 Å². The molecule has 31 heavy (non-hydrogen) atoms. The van der Waals surface area contributed by atoms with Crippen LogP contribution in [0.3, 0.4) is 0 Å². The summed E-state index contributed by atoms with van der Waals surface area (Å²) >= 11 is 0. The third-order valence-corrected chi connectivity index (χ3v) is 7.22. The second-order valence-electron chi connectivity index (χ2n) is 7.52. The molecule has 1 fully saturated rings. The highest BCUT2D eigenvalue weighted by Gasteiger charge is 2.40. The van der Waals surface area contributed by atoms with Crippen LogP contribution in [-0.4, -0.2) is 36.0 Å². The van der Waals surface area contributed by atoms with Gasteiger partial charge >= 0.3 is 6.18 Å². The normalized spacial score (nSPS) is 18.3. The first-order valence-corrected chi connectivity index (χ1v) is 11.2. The molecule has 2 heterocycles. The number of alkyl halides is 3. The van der Waals surface area contributed by atoms with E-state index in [9.17, 15) is 21.6 Å². The number of rotatable bonds is 4. The Morgan fingerprint density at radius 3 is 2.52 bits per heavy atom. The van der Waals surface area contributed by atoms with Crippen LogP contribution in [0.5, 0.6) is 0 Å². The van der Waals surface area contributed by atoms with Gasteiger partial charge in [0.05, 0.1) is 16.4 Å². The van der Waals surface area contributed by atoms with Crippen LogP contribution in [0.1, 0.15) is 35.8 Å². The number of hydrogen-bond acceptors (Lipinski definition) is 5. The van der Waals surface area contributed by atoms with Crippen molar-refractivity contribution < 1.29 is 26.1 Å². The molecule has 1 saturated heterocycles. The van der Waals surface area contributed by atoms with E-state index in [1.54, 1.807) is 0 Å². The lowest BCUT2D eigenvalue weighted by Crippen LogP contribution is -2.39. The van der Waals surface area contributed by atoms with Crippen LogP contribution < -0.4 is 0 Å². The highest BCUT2D eigenvalue weighted by Crippen LogP contribution is 2.37. The molecular formula is C21H20F3N3O3S. The maximum atomic E-state index is 13.4. The zero-order chi connectivity index (χ0) is 22.2. The predicted octanol–water partition coefficient (Wildman–Crippen LogP) is 4.63. The van der Waals surface area contributed by atoms with Crippen LogP contribution in [0.15, 0.2) is 57.9 Å². The van der Waals surface area contributed by atoms with Crippen molar-refractivity contribution in [2.24, 2.45) is 0 Å². The van der Waals surface area contributed by atoms with Crippen LogP contribution in [0, 0.1) is 6.92 Å². The van der Waals surface area contributed by atoms with Gasteiger partial charge in [-0.25, -0.2) is 8.42 Å². The lowest BCUT2D eigenvalue weighted by Gasteiger charge is -2.30. The molecule has 3 aromatic rings. The summed E-state index contributed by atoms with van der Waals surface area (Å²) < 4.78 is 72.6. The van der Waals surface area contributed by atoms with Crippen molar-refractivity contribution in [2.45, 2.75) is 36.8 Å². The van der Waals surface area contributed by atoms with Crippen LogP contribution in [0.2, 0.25) is 0 Å². The summed E-state index contributed by atoms with van der Waals surface area (Å²) in [5.74, 6) is 0.269. The highest BCUT2D eigenvalue weighted by molar-refractivity contribution is 7.89. The van der Waals surface area contributed by atoms with Crippen molar-refractivity contribution in [1.82, 2.24) is 14.4 Å². The highest BCUT2D eigenvalue weighted by atomic mass is 32.2. The fourth-order valence-electron chi connectivity index (χ4n) is 3.65. The van der Waals surface area contributed by atoms with E-state index in [0.717, 1.165) is 27.6 Å². The molecule has 1 aromatic heterocycles. The molecule has 1 aliphatic heterocycles. The summed E-state index contributed by atoms with van der Waals surface area (Å²) in [5, 5.41) is 3.98. The van der Waals surface area contributed by atoms with E-state index in [2.05, 4.69) is 10.1 Å². The molecule has 6 nitrogen and oxygen atoms in total. The van der Waals surface area contributed by atoms with Crippen molar-refractivity contribution in [2.75, 3.05) is 13.1 Å². The van der Waals surface area contributed by atoms with Crippen molar-refractivity contribution in [3.8, 4) is 11.4 Å². The smallest absolute Gasteiger partial charge is 0.339 e. The first kappa shape index (κ1) is 21.5. The monoisotopic (exact) mass is 451 g/mol. The van der Waals surface area contributed by atoms with Gasteiger partial charge in [0, 0.05) is 18.7 Å². The van der Waals surface area contributed by atoms with Gasteiger partial charge in [0.25, 0.3) is 0 Å². The van der Waals surface area contributed by atoms with Gasteiger partial charge in [-0.05, 0) is 31.9 Å². The van der Waals surface area contributed by atoms with Gasteiger partial charge in [0.15, 0.2) is 0 Å². The third-order valence-electron chi connectivity index (χ3n) is 5.30. The lowest BCUT2D eigenvalue weighted by molar-refractivity contribution is -0.139. The van der Waals surface area contributed by atoms with Crippen LogP contribution in [0.25, 0.3) is 11.4 Å². The van der Waals surface area contributed by atoms with Crippen LogP contribution in [0.4, 0.5) is 13.2 Å². The summed E-state index contributed by atoms with van der Waals surface area (Å²) in [6.07, 6.45) is -3.70. The first-order valence-electron chi connectivity index (χ1n) is 9.73. The van der Waals surface area contributed by atoms with E-state index < -0.39 is 32.6 Å². The van der Waals surface area contributed by atoms with E-state index >= 15 is 0 Å². The molecular weight excluding hydrogens is 431 g/mol. The minimum absolute atomic E-state index is 0.0238. The van der Waals surface area contributed by atoms with Crippen LogP contribution in [-0.2, 0) is 16.2 Å². The quantitative estimate of drug-likeness (QED) is 0.578. The molecule has 0 N–H and O–H groups in total. The van der Waals surface area contributed by atoms with Crippen molar-refractivity contribution in [3.05, 3.63) is 65.5 Å². The Labute approximate surface area is 177 Å². The van der Waals surface area contributed by atoms with Gasteiger partial charge in [-0.1, -0.05) is 47.1 Å². The molecule has 0 amide bonds. The molecule has 2 aromatic carbocycles. The minimum atomic E-state index is -4.77. The second-order valence-corrected chi connectivity index (χ2v) is 9.42. The van der Waals surface area contributed by atoms with Gasteiger partial charge in [0.2, 0.25) is 21.7 Å². The molecule has 4 rings (SSSR count). The third kappa shape index (κ3) is 4.35. The Bertz CT molecular complexity index is 1170. The van der Waals surface area contributed by atoms with E-state index in [1.165, 1.54) is 12.1 Å². The molecule has 0 unspecified atom stereocenters.